The Bertz CT molecular complexity index is 928. The number of nitrogens with one attached hydrogen (secondary N) is 1. The van der Waals surface area contributed by atoms with Crippen LogP contribution in [0.3, 0.4) is 0 Å². The summed E-state index contributed by atoms with van der Waals surface area (Å²) in [6.45, 7) is 2.28. The van der Waals surface area contributed by atoms with E-state index >= 15 is 0 Å². The standard InChI is InChI=1S/C18H19ClN2O3S/c1-12(15-5-3-4-6-16(15)19)20-18(22)14-7-8-17-13(11-14)9-10-21(17)25(2,23)24/h3-8,11-12H,9-10H2,1-2H3,(H,20,22). The molecule has 0 fully saturated rings. The third-order valence-electron chi connectivity index (χ3n) is 4.31. The number of halogens is 1. The summed E-state index contributed by atoms with van der Waals surface area (Å²) in [6, 6.07) is 12.2. The number of carbonyl (C=O) groups is 1. The third-order valence-corrected chi connectivity index (χ3v) is 5.84. The highest BCUT2D eigenvalue weighted by Crippen LogP contribution is 2.31. The molecule has 7 heteroatoms. The van der Waals surface area contributed by atoms with E-state index < -0.39 is 10.0 Å². The zero-order valence-corrected chi connectivity index (χ0v) is 15.6. The quantitative estimate of drug-likeness (QED) is 0.888. The van der Waals surface area contributed by atoms with Gasteiger partial charge in [0.15, 0.2) is 0 Å². The lowest BCUT2D eigenvalue weighted by Gasteiger charge is -2.18. The second kappa shape index (κ2) is 6.69. The number of benzene rings is 2. The molecule has 5 nitrogen and oxygen atoms in total. The fraction of sp³-hybridized carbons (Fsp3) is 0.278. The van der Waals surface area contributed by atoms with Crippen molar-refractivity contribution in [1.29, 1.82) is 0 Å². The van der Waals surface area contributed by atoms with Crippen LogP contribution in [-0.4, -0.2) is 27.1 Å². The molecule has 0 aliphatic carbocycles. The van der Waals surface area contributed by atoms with Gasteiger partial charge in [-0.15, -0.1) is 0 Å². The molecule has 1 aliphatic rings. The van der Waals surface area contributed by atoms with E-state index in [0.717, 1.165) is 11.1 Å². The van der Waals surface area contributed by atoms with Gasteiger partial charge in [-0.25, -0.2) is 8.42 Å². The van der Waals surface area contributed by atoms with E-state index in [4.69, 9.17) is 11.6 Å². The summed E-state index contributed by atoms with van der Waals surface area (Å²) >= 11 is 6.17. The number of nitrogens with zero attached hydrogens (tertiary/aromatic N) is 1. The molecule has 1 aliphatic heterocycles. The molecule has 0 saturated carbocycles. The maximum atomic E-state index is 12.5. The maximum absolute atomic E-state index is 12.5. The van der Waals surface area contributed by atoms with Gasteiger partial charge in [-0.2, -0.15) is 0 Å². The van der Waals surface area contributed by atoms with Crippen LogP contribution in [0.15, 0.2) is 42.5 Å². The number of carbonyl (C=O) groups excluding carboxylic acids is 1. The first-order chi connectivity index (χ1) is 11.8. The van der Waals surface area contributed by atoms with Crippen molar-refractivity contribution in [1.82, 2.24) is 5.32 Å². The molecule has 1 heterocycles. The lowest BCUT2D eigenvalue weighted by atomic mass is 10.1. The molecule has 1 N–H and O–H groups in total. The Morgan fingerprint density at radius 1 is 1.24 bits per heavy atom. The molecule has 2 aromatic carbocycles. The summed E-state index contributed by atoms with van der Waals surface area (Å²) in [7, 11) is -3.29. The molecule has 3 rings (SSSR count). The number of rotatable bonds is 4. The number of fused-ring (bicyclic) bond motifs is 1. The average Bonchev–Trinajstić information content (AvgIpc) is 2.98. The Labute approximate surface area is 152 Å². The van der Waals surface area contributed by atoms with Gasteiger partial charge in [0.05, 0.1) is 18.0 Å². The predicted molar refractivity (Wildman–Crippen MR) is 99.7 cm³/mol. The minimum Gasteiger partial charge on any atom is -0.345 e. The van der Waals surface area contributed by atoms with Crippen LogP contribution in [0.25, 0.3) is 0 Å². The highest BCUT2D eigenvalue weighted by molar-refractivity contribution is 7.92. The number of amides is 1. The monoisotopic (exact) mass is 378 g/mol. The normalized spacial score (nSPS) is 14.9. The first-order valence-corrected chi connectivity index (χ1v) is 10.2. The van der Waals surface area contributed by atoms with Crippen molar-refractivity contribution in [2.45, 2.75) is 19.4 Å². The van der Waals surface area contributed by atoms with Crippen LogP contribution in [0, 0.1) is 0 Å². The van der Waals surface area contributed by atoms with E-state index in [1.54, 1.807) is 24.3 Å². The van der Waals surface area contributed by atoms with Crippen LogP contribution in [0.5, 0.6) is 0 Å². The summed E-state index contributed by atoms with van der Waals surface area (Å²) in [5.74, 6) is -0.215. The topological polar surface area (TPSA) is 66.5 Å². The van der Waals surface area contributed by atoms with Gasteiger partial charge in [0.25, 0.3) is 5.91 Å². The molecular weight excluding hydrogens is 360 g/mol. The van der Waals surface area contributed by atoms with Crippen LogP contribution in [0.2, 0.25) is 5.02 Å². The molecule has 0 bridgehead atoms. The number of hydrogen-bond donors (Lipinski definition) is 1. The summed E-state index contributed by atoms with van der Waals surface area (Å²) in [5.41, 5.74) is 2.87. The molecule has 0 saturated heterocycles. The highest BCUT2D eigenvalue weighted by Gasteiger charge is 2.27. The van der Waals surface area contributed by atoms with Crippen molar-refractivity contribution < 1.29 is 13.2 Å². The molecule has 0 radical (unpaired) electrons. The number of sulfonamides is 1. The Balaban J connectivity index is 1.79. The molecule has 1 unspecified atom stereocenters. The Morgan fingerprint density at radius 2 is 1.96 bits per heavy atom. The molecule has 1 atom stereocenters. The minimum atomic E-state index is -3.29. The molecule has 1 amide bonds. The van der Waals surface area contributed by atoms with Gasteiger partial charge in [-0.3, -0.25) is 9.10 Å². The van der Waals surface area contributed by atoms with Crippen molar-refractivity contribution in [3.63, 3.8) is 0 Å². The van der Waals surface area contributed by atoms with Crippen molar-refractivity contribution >= 4 is 33.2 Å². The second-order valence-electron chi connectivity index (χ2n) is 6.15. The number of anilines is 1. The molecule has 0 aromatic heterocycles. The largest absolute Gasteiger partial charge is 0.345 e. The van der Waals surface area contributed by atoms with Crippen molar-refractivity contribution in [2.75, 3.05) is 17.1 Å². The Morgan fingerprint density at radius 3 is 2.64 bits per heavy atom. The first kappa shape index (κ1) is 17.8. The smallest absolute Gasteiger partial charge is 0.251 e. The second-order valence-corrected chi connectivity index (χ2v) is 8.46. The highest BCUT2D eigenvalue weighted by atomic mass is 35.5. The Kier molecular flexibility index (Phi) is 4.75. The zero-order chi connectivity index (χ0) is 18.2. The van der Waals surface area contributed by atoms with E-state index in [9.17, 15) is 13.2 Å². The molecule has 25 heavy (non-hydrogen) atoms. The van der Waals surface area contributed by atoms with E-state index in [-0.39, 0.29) is 11.9 Å². The zero-order valence-electron chi connectivity index (χ0n) is 14.0. The molecule has 2 aromatic rings. The lowest BCUT2D eigenvalue weighted by molar-refractivity contribution is 0.0940. The Hall–Kier alpha value is -2.05. The van der Waals surface area contributed by atoms with Gasteiger partial charge in [0, 0.05) is 17.1 Å². The van der Waals surface area contributed by atoms with Crippen molar-refractivity contribution in [3.05, 3.63) is 64.2 Å². The summed E-state index contributed by atoms with van der Waals surface area (Å²) in [6.07, 6.45) is 1.79. The van der Waals surface area contributed by atoms with Gasteiger partial charge in [0.2, 0.25) is 10.0 Å². The van der Waals surface area contributed by atoms with Crippen LogP contribution >= 0.6 is 11.6 Å². The summed E-state index contributed by atoms with van der Waals surface area (Å²) in [4.78, 5) is 12.5. The molecule has 0 spiro atoms. The van der Waals surface area contributed by atoms with Gasteiger partial charge in [-0.1, -0.05) is 29.8 Å². The van der Waals surface area contributed by atoms with Gasteiger partial charge >= 0.3 is 0 Å². The third kappa shape index (κ3) is 3.65. The predicted octanol–water partition coefficient (Wildman–Crippen LogP) is 3.15. The fourth-order valence-electron chi connectivity index (χ4n) is 3.04. The van der Waals surface area contributed by atoms with Crippen LogP contribution in [0.4, 0.5) is 5.69 Å². The van der Waals surface area contributed by atoms with E-state index in [1.807, 2.05) is 25.1 Å². The fourth-order valence-corrected chi connectivity index (χ4v) is 4.30. The van der Waals surface area contributed by atoms with Crippen molar-refractivity contribution in [3.8, 4) is 0 Å². The first-order valence-electron chi connectivity index (χ1n) is 7.93. The summed E-state index contributed by atoms with van der Waals surface area (Å²) in [5, 5.41) is 3.54. The lowest BCUT2D eigenvalue weighted by Crippen LogP contribution is -2.28. The van der Waals surface area contributed by atoms with Gasteiger partial charge in [0.1, 0.15) is 0 Å². The maximum Gasteiger partial charge on any atom is 0.251 e. The van der Waals surface area contributed by atoms with E-state index in [1.165, 1.54) is 10.6 Å². The SMILES string of the molecule is CC(NC(=O)c1ccc2c(c1)CCN2S(C)(=O)=O)c1ccccc1Cl. The van der Waals surface area contributed by atoms with E-state index in [0.29, 0.717) is 29.2 Å². The van der Waals surface area contributed by atoms with Gasteiger partial charge in [-0.05, 0) is 48.7 Å². The van der Waals surface area contributed by atoms with Crippen molar-refractivity contribution in [2.24, 2.45) is 0 Å². The number of hydrogen-bond acceptors (Lipinski definition) is 3. The van der Waals surface area contributed by atoms with Gasteiger partial charge < -0.3 is 5.32 Å². The minimum absolute atomic E-state index is 0.215. The summed E-state index contributed by atoms with van der Waals surface area (Å²) < 4.78 is 24.9. The van der Waals surface area contributed by atoms with Crippen LogP contribution in [0.1, 0.15) is 34.5 Å². The van der Waals surface area contributed by atoms with E-state index in [2.05, 4.69) is 5.32 Å². The molecular formula is C18H19ClN2O3S. The van der Waals surface area contributed by atoms with Crippen LogP contribution < -0.4 is 9.62 Å². The average molecular weight is 379 g/mol. The van der Waals surface area contributed by atoms with Crippen LogP contribution in [-0.2, 0) is 16.4 Å². The molecule has 132 valence electrons.